The Morgan fingerprint density at radius 3 is 2.82 bits per heavy atom. The minimum absolute atomic E-state index is 0.144. The number of carboxylic acid groups (broad SMARTS) is 1. The number of carboxylic acids is 1. The summed E-state index contributed by atoms with van der Waals surface area (Å²) in [5, 5.41) is 12.6. The number of rotatable bonds is 4. The number of amidine groups is 1. The molecule has 2 atom stereocenters. The number of nitrogens with one attached hydrogen (secondary N) is 1. The van der Waals surface area contributed by atoms with Gasteiger partial charge in [0.1, 0.15) is 5.75 Å². The third-order valence-electron chi connectivity index (χ3n) is 6.04. The fraction of sp³-hybridized carbons (Fsp3) is 0.545. The smallest absolute Gasteiger partial charge is 0.306 e. The summed E-state index contributed by atoms with van der Waals surface area (Å²) >= 11 is 0. The van der Waals surface area contributed by atoms with Crippen LogP contribution in [0.25, 0.3) is 0 Å². The monoisotopic (exact) mass is 381 g/mol. The third-order valence-corrected chi connectivity index (χ3v) is 6.04. The van der Waals surface area contributed by atoms with Gasteiger partial charge in [-0.1, -0.05) is 5.92 Å². The first-order valence-corrected chi connectivity index (χ1v) is 10.1. The number of carbonyl (C=O) groups is 1. The summed E-state index contributed by atoms with van der Waals surface area (Å²) in [5.41, 5.74) is 0.947. The Balaban J connectivity index is 1.31. The van der Waals surface area contributed by atoms with Gasteiger partial charge in [0.25, 0.3) is 0 Å². The summed E-state index contributed by atoms with van der Waals surface area (Å²) < 4.78 is 5.45. The van der Waals surface area contributed by atoms with Crippen LogP contribution in [0.5, 0.6) is 5.75 Å². The van der Waals surface area contributed by atoms with Crippen molar-refractivity contribution in [2.24, 2.45) is 16.8 Å². The molecule has 6 nitrogen and oxygen atoms in total. The van der Waals surface area contributed by atoms with Crippen molar-refractivity contribution in [1.82, 2.24) is 10.2 Å². The number of benzene rings is 1. The van der Waals surface area contributed by atoms with Gasteiger partial charge in [0, 0.05) is 43.2 Å². The predicted octanol–water partition coefficient (Wildman–Crippen LogP) is 1.99. The van der Waals surface area contributed by atoms with Crippen molar-refractivity contribution in [1.29, 1.82) is 0 Å². The normalized spacial score (nSPS) is 29.2. The summed E-state index contributed by atoms with van der Waals surface area (Å²) in [6, 6.07) is 8.65. The van der Waals surface area contributed by atoms with Gasteiger partial charge in [-0.15, -0.1) is 0 Å². The second-order valence-electron chi connectivity index (χ2n) is 7.85. The Bertz CT molecular complexity index is 803. The zero-order valence-corrected chi connectivity index (χ0v) is 16.2. The van der Waals surface area contributed by atoms with Gasteiger partial charge >= 0.3 is 5.97 Å². The molecule has 0 amide bonds. The molecular formula is C22H27N3O3. The van der Waals surface area contributed by atoms with Crippen molar-refractivity contribution >= 4 is 11.8 Å². The summed E-state index contributed by atoms with van der Waals surface area (Å²) in [6.45, 7) is 5.43. The van der Waals surface area contributed by atoms with Crippen LogP contribution in [0.1, 0.15) is 31.7 Å². The number of nitrogens with zero attached hydrogens (tertiary/aromatic N) is 2. The van der Waals surface area contributed by atoms with Crippen molar-refractivity contribution in [2.75, 3.05) is 26.2 Å². The molecule has 0 aromatic heterocycles. The lowest BCUT2D eigenvalue weighted by Gasteiger charge is -2.47. The zero-order valence-electron chi connectivity index (χ0n) is 16.2. The maximum absolute atomic E-state index is 11.0. The Morgan fingerprint density at radius 1 is 1.32 bits per heavy atom. The van der Waals surface area contributed by atoms with Gasteiger partial charge in [0.15, 0.2) is 5.84 Å². The maximum Gasteiger partial charge on any atom is 0.306 e. The molecule has 2 unspecified atom stereocenters. The van der Waals surface area contributed by atoms with Crippen LogP contribution in [0, 0.1) is 23.7 Å². The molecule has 0 bridgehead atoms. The molecule has 1 aromatic rings. The van der Waals surface area contributed by atoms with Crippen molar-refractivity contribution in [3.8, 4) is 17.6 Å². The van der Waals surface area contributed by atoms with Crippen molar-refractivity contribution in [2.45, 2.75) is 38.3 Å². The largest absolute Gasteiger partial charge is 0.494 e. The van der Waals surface area contributed by atoms with E-state index in [0.717, 1.165) is 56.0 Å². The molecule has 4 rings (SSSR count). The van der Waals surface area contributed by atoms with E-state index in [1.807, 2.05) is 31.2 Å². The Labute approximate surface area is 166 Å². The fourth-order valence-electron chi connectivity index (χ4n) is 4.29. The molecule has 3 aliphatic rings. The maximum atomic E-state index is 11.0. The molecule has 1 saturated carbocycles. The first kappa shape index (κ1) is 18.8. The zero-order chi connectivity index (χ0) is 19.5. The highest BCUT2D eigenvalue weighted by molar-refractivity contribution is 5.99. The van der Waals surface area contributed by atoms with Crippen molar-refractivity contribution in [3.63, 3.8) is 0 Å². The highest BCUT2D eigenvalue weighted by Gasteiger charge is 2.41. The first-order chi connectivity index (χ1) is 13.6. The van der Waals surface area contributed by atoms with E-state index in [2.05, 4.69) is 27.0 Å². The molecule has 28 heavy (non-hydrogen) atoms. The summed E-state index contributed by atoms with van der Waals surface area (Å²) in [5.74, 6) is 7.66. The van der Waals surface area contributed by atoms with E-state index >= 15 is 0 Å². The molecule has 2 aliphatic heterocycles. The van der Waals surface area contributed by atoms with E-state index in [-0.39, 0.29) is 5.92 Å². The predicted molar refractivity (Wildman–Crippen MR) is 108 cm³/mol. The molecule has 2 N–H and O–H groups in total. The lowest BCUT2D eigenvalue weighted by molar-refractivity contribution is -0.147. The Morgan fingerprint density at radius 2 is 2.11 bits per heavy atom. The fourth-order valence-corrected chi connectivity index (χ4v) is 4.29. The molecule has 0 spiro atoms. The first-order valence-electron chi connectivity index (χ1n) is 10.1. The average Bonchev–Trinajstić information content (AvgIpc) is 2.66. The summed E-state index contributed by atoms with van der Waals surface area (Å²) in [4.78, 5) is 18.1. The van der Waals surface area contributed by atoms with Crippen LogP contribution in [0.15, 0.2) is 29.3 Å². The van der Waals surface area contributed by atoms with E-state index in [1.54, 1.807) is 0 Å². The lowest BCUT2D eigenvalue weighted by Crippen LogP contribution is -2.58. The van der Waals surface area contributed by atoms with Crippen molar-refractivity contribution in [3.05, 3.63) is 29.8 Å². The van der Waals surface area contributed by atoms with Crippen LogP contribution in [0.4, 0.5) is 0 Å². The number of hydrogen-bond acceptors (Lipinski definition) is 5. The molecule has 148 valence electrons. The van der Waals surface area contributed by atoms with E-state index in [1.165, 1.54) is 0 Å². The molecule has 0 radical (unpaired) electrons. The number of fused-ring (bicyclic) bond motifs is 1. The minimum Gasteiger partial charge on any atom is -0.494 e. The number of hydrogen-bond donors (Lipinski definition) is 2. The van der Waals surface area contributed by atoms with Crippen LogP contribution < -0.4 is 10.1 Å². The second-order valence-corrected chi connectivity index (χ2v) is 7.85. The topological polar surface area (TPSA) is 74.2 Å². The third kappa shape index (κ3) is 4.15. The Hall–Kier alpha value is -2.52. The van der Waals surface area contributed by atoms with Crippen LogP contribution in [0.3, 0.4) is 0 Å². The molecule has 1 aliphatic carbocycles. The summed E-state index contributed by atoms with van der Waals surface area (Å²) in [6.07, 6.45) is 2.65. The van der Waals surface area contributed by atoms with Crippen LogP contribution in [-0.2, 0) is 4.79 Å². The van der Waals surface area contributed by atoms with Gasteiger partial charge in [-0.05, 0) is 56.4 Å². The second kappa shape index (κ2) is 8.24. The van der Waals surface area contributed by atoms with Crippen LogP contribution in [0.2, 0.25) is 0 Å². The Kier molecular flexibility index (Phi) is 5.54. The summed E-state index contributed by atoms with van der Waals surface area (Å²) in [7, 11) is 0. The van der Waals surface area contributed by atoms with Gasteiger partial charge in [-0.3, -0.25) is 14.7 Å². The van der Waals surface area contributed by atoms with Crippen LogP contribution >= 0.6 is 0 Å². The van der Waals surface area contributed by atoms with Gasteiger partial charge in [-0.25, -0.2) is 0 Å². The molecule has 2 fully saturated rings. The van der Waals surface area contributed by atoms with E-state index in [4.69, 9.17) is 9.84 Å². The van der Waals surface area contributed by atoms with E-state index in [9.17, 15) is 4.79 Å². The van der Waals surface area contributed by atoms with Gasteiger partial charge in [-0.2, -0.15) is 0 Å². The van der Waals surface area contributed by atoms with Crippen molar-refractivity contribution < 1.29 is 14.6 Å². The lowest BCUT2D eigenvalue weighted by atomic mass is 9.77. The minimum atomic E-state index is -0.647. The van der Waals surface area contributed by atoms with E-state index in [0.29, 0.717) is 24.6 Å². The standard InChI is InChI=1S/C22H27N3O3/c1-2-28-19-6-3-15(4-7-19)5-8-21-23-13-17-14-25(10-9-20(17)24-21)18-11-16(12-18)22(26)27/h3-4,6-7,16-18,20H,2,9-14H2,1H3,(H,23,24)(H,26,27). The van der Waals surface area contributed by atoms with Gasteiger partial charge < -0.3 is 15.2 Å². The molecule has 1 aromatic carbocycles. The molecule has 6 heteroatoms. The molecule has 2 heterocycles. The van der Waals surface area contributed by atoms with Gasteiger partial charge in [0.2, 0.25) is 0 Å². The molecule has 1 saturated heterocycles. The number of aliphatic imine (C=N–C) groups is 1. The quantitative estimate of drug-likeness (QED) is 0.781. The SMILES string of the molecule is CCOc1ccc(C#CC2=NCC3CN(C4CC(C(=O)O)C4)CCC3N2)cc1. The van der Waals surface area contributed by atoms with Crippen LogP contribution in [-0.4, -0.2) is 60.1 Å². The number of aliphatic carboxylic acids is 1. The number of likely N-dealkylation sites (tertiary alicyclic amines) is 1. The molecular weight excluding hydrogens is 354 g/mol. The highest BCUT2D eigenvalue weighted by Crippen LogP contribution is 2.34. The highest BCUT2D eigenvalue weighted by atomic mass is 16.5. The average molecular weight is 381 g/mol. The van der Waals surface area contributed by atoms with Gasteiger partial charge in [0.05, 0.1) is 12.5 Å². The number of piperidine rings is 1. The number of ether oxygens (including phenoxy) is 1. The van der Waals surface area contributed by atoms with E-state index < -0.39 is 5.97 Å².